The van der Waals surface area contributed by atoms with Crippen LogP contribution in [0.3, 0.4) is 0 Å². The van der Waals surface area contributed by atoms with Crippen molar-refractivity contribution >= 4 is 29.2 Å². The number of carbonyl (C=O) groups is 1. The first-order valence-corrected chi connectivity index (χ1v) is 12.0. The highest BCUT2D eigenvalue weighted by Crippen LogP contribution is 2.36. The molecule has 0 bridgehead atoms. The van der Waals surface area contributed by atoms with Crippen LogP contribution in [0.25, 0.3) is 0 Å². The van der Waals surface area contributed by atoms with E-state index in [1.165, 1.54) is 6.08 Å². The largest absolute Gasteiger partial charge is 0.490 e. The first kappa shape index (κ1) is 27.6. The van der Waals surface area contributed by atoms with Crippen molar-refractivity contribution in [1.29, 1.82) is 0 Å². The van der Waals surface area contributed by atoms with E-state index in [1.807, 2.05) is 26.0 Å². The molecule has 1 aromatic carbocycles. The van der Waals surface area contributed by atoms with Crippen LogP contribution in [0.4, 0.5) is 4.39 Å². The number of rotatable bonds is 12. The molecule has 0 spiro atoms. The Kier molecular flexibility index (Phi) is 11.7. The molecule has 0 radical (unpaired) electrons. The Labute approximate surface area is 205 Å². The van der Waals surface area contributed by atoms with Gasteiger partial charge in [-0.15, -0.1) is 0 Å². The van der Waals surface area contributed by atoms with Crippen LogP contribution in [0.15, 0.2) is 42.5 Å². The van der Waals surface area contributed by atoms with Crippen LogP contribution in [-0.4, -0.2) is 47.3 Å². The number of ether oxygens (including phenoxy) is 2. The number of hydrogen-bond acceptors (Lipinski definition) is 5. The molecule has 0 unspecified atom stereocenters. The average molecular weight is 503 g/mol. The van der Waals surface area contributed by atoms with Gasteiger partial charge in [0.15, 0.2) is 6.17 Å². The molecular weight excluding hydrogens is 470 g/mol. The second-order valence-electron chi connectivity index (χ2n) is 8.57. The lowest BCUT2D eigenvalue weighted by atomic mass is 9.89. The van der Waals surface area contributed by atoms with Gasteiger partial charge in [-0.2, -0.15) is 0 Å². The zero-order valence-electron chi connectivity index (χ0n) is 19.0. The third kappa shape index (κ3) is 10.0. The quantitative estimate of drug-likeness (QED) is 0.218. The molecule has 33 heavy (non-hydrogen) atoms. The predicted molar refractivity (Wildman–Crippen MR) is 128 cm³/mol. The Morgan fingerprint density at radius 3 is 2.55 bits per heavy atom. The third-order valence-electron chi connectivity index (χ3n) is 5.40. The minimum atomic E-state index is -1.39. The molecule has 2 rings (SSSR count). The summed E-state index contributed by atoms with van der Waals surface area (Å²) in [6, 6.07) is 4.66. The molecule has 2 N–H and O–H groups in total. The Morgan fingerprint density at radius 2 is 1.88 bits per heavy atom. The van der Waals surface area contributed by atoms with Crippen LogP contribution in [0.1, 0.15) is 46.0 Å². The number of esters is 1. The topological polar surface area (TPSA) is 76.0 Å². The van der Waals surface area contributed by atoms with Gasteiger partial charge in [-0.3, -0.25) is 4.79 Å². The first-order valence-electron chi connectivity index (χ1n) is 11.3. The first-order chi connectivity index (χ1) is 15.7. The zero-order chi connectivity index (χ0) is 24.4. The Bertz CT molecular complexity index is 794. The molecular formula is C25H33Cl2FO5. The summed E-state index contributed by atoms with van der Waals surface area (Å²) in [6.07, 6.45) is 6.55. The van der Waals surface area contributed by atoms with Gasteiger partial charge in [0, 0.05) is 28.8 Å². The number of aliphatic hydroxyl groups excluding tert-OH is 2. The van der Waals surface area contributed by atoms with Crippen LogP contribution in [0, 0.1) is 11.8 Å². The van der Waals surface area contributed by atoms with Crippen molar-refractivity contribution in [2.75, 3.05) is 6.61 Å². The molecule has 1 aromatic rings. The molecule has 1 fully saturated rings. The van der Waals surface area contributed by atoms with Crippen LogP contribution >= 0.6 is 23.2 Å². The number of carbonyl (C=O) groups excluding carboxylic acids is 1. The average Bonchev–Trinajstić information content (AvgIpc) is 2.98. The highest BCUT2D eigenvalue weighted by Gasteiger charge is 2.39. The Morgan fingerprint density at radius 1 is 1.18 bits per heavy atom. The van der Waals surface area contributed by atoms with Gasteiger partial charge in [-0.1, -0.05) is 47.5 Å². The monoisotopic (exact) mass is 502 g/mol. The van der Waals surface area contributed by atoms with E-state index in [-0.39, 0.29) is 36.9 Å². The van der Waals surface area contributed by atoms with Crippen molar-refractivity contribution in [1.82, 2.24) is 0 Å². The predicted octanol–water partition coefficient (Wildman–Crippen LogP) is 5.69. The van der Waals surface area contributed by atoms with Gasteiger partial charge in [-0.05, 0) is 57.2 Å². The van der Waals surface area contributed by atoms with Crippen LogP contribution in [-0.2, 0) is 9.53 Å². The van der Waals surface area contributed by atoms with E-state index in [1.54, 1.807) is 24.3 Å². The molecule has 184 valence electrons. The summed E-state index contributed by atoms with van der Waals surface area (Å²) in [5, 5.41) is 21.4. The SMILES string of the molecule is CC(C)OC(=O)CCC/C=C\C[C@@H]1[C@@H](/C=C/[C@@H](F)COc2cc(Cl)cc(Cl)c2)[C@H](O)C[C@@H]1O. The van der Waals surface area contributed by atoms with E-state index in [9.17, 15) is 19.4 Å². The number of halogens is 3. The second kappa shape index (κ2) is 14.0. The fourth-order valence-electron chi connectivity index (χ4n) is 3.86. The third-order valence-corrected chi connectivity index (χ3v) is 5.83. The molecule has 1 aliphatic carbocycles. The number of hydrogen-bond donors (Lipinski definition) is 2. The molecule has 0 aromatic heterocycles. The molecule has 5 nitrogen and oxygen atoms in total. The lowest BCUT2D eigenvalue weighted by Crippen LogP contribution is -2.20. The molecule has 8 heteroatoms. The maximum atomic E-state index is 14.4. The number of allylic oxidation sites excluding steroid dienone is 2. The summed E-state index contributed by atoms with van der Waals surface area (Å²) in [7, 11) is 0. The zero-order valence-corrected chi connectivity index (χ0v) is 20.5. The normalized spacial score (nSPS) is 24.1. The van der Waals surface area contributed by atoms with E-state index in [0.717, 1.165) is 6.42 Å². The molecule has 0 saturated heterocycles. The molecule has 1 aliphatic rings. The molecule has 0 aliphatic heterocycles. The van der Waals surface area contributed by atoms with Crippen molar-refractivity contribution in [3.8, 4) is 5.75 Å². The smallest absolute Gasteiger partial charge is 0.306 e. The standard InChI is InChI=1S/C25H33Cl2FO5/c1-16(2)33-25(31)8-6-4-3-5-7-21-22(24(30)14-23(21)29)10-9-19(28)15-32-20-12-17(26)11-18(27)13-20/h3,5,9-13,16,19,21-24,29-30H,4,6-8,14-15H2,1-2H3/b5-3-,10-9+/t19-,21-,22-,23+,24-/m1/s1. The molecule has 1 saturated carbocycles. The fraction of sp³-hybridized carbons (Fsp3) is 0.560. The molecule has 0 amide bonds. The van der Waals surface area contributed by atoms with Gasteiger partial charge in [0.2, 0.25) is 0 Å². The fourth-order valence-corrected chi connectivity index (χ4v) is 4.36. The highest BCUT2D eigenvalue weighted by molar-refractivity contribution is 6.34. The summed E-state index contributed by atoms with van der Waals surface area (Å²) < 4.78 is 24.9. The highest BCUT2D eigenvalue weighted by atomic mass is 35.5. The summed E-state index contributed by atoms with van der Waals surface area (Å²) in [5.41, 5.74) is 0. The maximum absolute atomic E-state index is 14.4. The van der Waals surface area contributed by atoms with E-state index in [4.69, 9.17) is 32.7 Å². The number of benzene rings is 1. The summed E-state index contributed by atoms with van der Waals surface area (Å²) in [4.78, 5) is 11.5. The maximum Gasteiger partial charge on any atom is 0.306 e. The molecule has 0 heterocycles. The van der Waals surface area contributed by atoms with Gasteiger partial charge in [0.1, 0.15) is 12.4 Å². The molecule has 5 atom stereocenters. The van der Waals surface area contributed by atoms with Gasteiger partial charge in [0.05, 0.1) is 18.3 Å². The van der Waals surface area contributed by atoms with Crippen LogP contribution in [0.2, 0.25) is 10.0 Å². The second-order valence-corrected chi connectivity index (χ2v) is 9.44. The van der Waals surface area contributed by atoms with E-state index in [2.05, 4.69) is 0 Å². The van der Waals surface area contributed by atoms with Crippen molar-refractivity contribution in [2.45, 2.75) is 70.4 Å². The summed E-state index contributed by atoms with van der Waals surface area (Å²) >= 11 is 11.8. The minimum Gasteiger partial charge on any atom is -0.490 e. The Hall–Kier alpha value is -1.60. The van der Waals surface area contributed by atoms with Gasteiger partial charge >= 0.3 is 5.97 Å². The van der Waals surface area contributed by atoms with Crippen LogP contribution in [0.5, 0.6) is 5.75 Å². The van der Waals surface area contributed by atoms with Crippen molar-refractivity contribution in [3.05, 3.63) is 52.5 Å². The van der Waals surface area contributed by atoms with Crippen LogP contribution < -0.4 is 4.74 Å². The lowest BCUT2D eigenvalue weighted by Gasteiger charge is -2.19. The Balaban J connectivity index is 1.80. The van der Waals surface area contributed by atoms with E-state index < -0.39 is 18.4 Å². The van der Waals surface area contributed by atoms with E-state index >= 15 is 0 Å². The van der Waals surface area contributed by atoms with Crippen molar-refractivity contribution < 1.29 is 28.9 Å². The lowest BCUT2D eigenvalue weighted by molar-refractivity contribution is -0.147. The van der Waals surface area contributed by atoms with Gasteiger partial charge < -0.3 is 19.7 Å². The van der Waals surface area contributed by atoms with Crippen molar-refractivity contribution in [2.24, 2.45) is 11.8 Å². The van der Waals surface area contributed by atoms with E-state index in [0.29, 0.717) is 35.1 Å². The van der Waals surface area contributed by atoms with Gasteiger partial charge in [-0.25, -0.2) is 4.39 Å². The number of unbranched alkanes of at least 4 members (excludes halogenated alkanes) is 1. The summed E-state index contributed by atoms with van der Waals surface area (Å²) in [6.45, 7) is 3.41. The minimum absolute atomic E-state index is 0.112. The summed E-state index contributed by atoms with van der Waals surface area (Å²) in [5.74, 6) is -0.399. The van der Waals surface area contributed by atoms with Gasteiger partial charge in [0.25, 0.3) is 0 Å². The number of aliphatic hydroxyl groups is 2. The number of alkyl halides is 1. The van der Waals surface area contributed by atoms with Crippen molar-refractivity contribution in [3.63, 3.8) is 0 Å².